The van der Waals surface area contributed by atoms with E-state index in [1.165, 1.54) is 12.2 Å². The van der Waals surface area contributed by atoms with Gasteiger partial charge in [0.15, 0.2) is 17.4 Å². The SMILES string of the molecule is CCOC(=O)/C=C1/[C@H](O)C[C@H]2OC(C)(C)O[C@@H]12.CCOC(=O)/C=C1\[C@H](O)C[C@H]2OC(C)(C)O[C@@H]12.CCOC(=O)C[C@@]12O[C@@H]1C[C@H]1OC(C)(C)O[C@H]12. The van der Waals surface area contributed by atoms with Gasteiger partial charge in [-0.1, -0.05) is 0 Å². The zero-order chi connectivity index (χ0) is 37.5. The Labute approximate surface area is 298 Å². The van der Waals surface area contributed by atoms with Crippen LogP contribution in [0.2, 0.25) is 0 Å². The molecule has 4 heterocycles. The number of carbonyl (C=O) groups excluding carboxylic acids is 3. The molecule has 0 aromatic rings. The maximum atomic E-state index is 11.6. The predicted molar refractivity (Wildman–Crippen MR) is 176 cm³/mol. The number of carbonyl (C=O) groups is 3. The van der Waals surface area contributed by atoms with Gasteiger partial charge in [-0.05, 0) is 73.5 Å². The Morgan fingerprint density at radius 1 is 0.627 bits per heavy atom. The van der Waals surface area contributed by atoms with Crippen molar-refractivity contribution in [3.05, 3.63) is 23.3 Å². The minimum atomic E-state index is -0.689. The number of aliphatic hydroxyl groups excluding tert-OH is 2. The maximum Gasteiger partial charge on any atom is 0.330 e. The van der Waals surface area contributed by atoms with E-state index in [0.717, 1.165) is 6.42 Å². The number of epoxide rings is 1. The van der Waals surface area contributed by atoms with Crippen LogP contribution in [0.4, 0.5) is 0 Å². The normalized spacial score (nSPS) is 39.9. The molecule has 4 aliphatic heterocycles. The Morgan fingerprint density at radius 2 is 1.06 bits per heavy atom. The molecule has 7 fully saturated rings. The second-order valence-electron chi connectivity index (χ2n) is 14.9. The molecule has 0 aromatic carbocycles. The molecule has 2 N–H and O–H groups in total. The molecule has 10 atom stereocenters. The highest BCUT2D eigenvalue weighted by Crippen LogP contribution is 2.58. The first kappa shape index (κ1) is 39.7. The van der Waals surface area contributed by atoms with Crippen molar-refractivity contribution >= 4 is 17.9 Å². The Morgan fingerprint density at radius 3 is 1.51 bits per heavy atom. The Balaban J connectivity index is 0.000000148. The second-order valence-corrected chi connectivity index (χ2v) is 14.9. The van der Waals surface area contributed by atoms with E-state index in [-0.39, 0.29) is 55.1 Å². The van der Waals surface area contributed by atoms with Gasteiger partial charge in [0, 0.05) is 31.4 Å². The van der Waals surface area contributed by atoms with Gasteiger partial charge in [0.2, 0.25) is 0 Å². The molecule has 0 bridgehead atoms. The van der Waals surface area contributed by atoms with Gasteiger partial charge in [-0.2, -0.15) is 0 Å². The van der Waals surface area contributed by atoms with Gasteiger partial charge in [-0.25, -0.2) is 9.59 Å². The molecular weight excluding hydrogens is 672 g/mol. The van der Waals surface area contributed by atoms with Gasteiger partial charge >= 0.3 is 17.9 Å². The van der Waals surface area contributed by atoms with Gasteiger partial charge < -0.3 is 57.6 Å². The zero-order valence-corrected chi connectivity index (χ0v) is 31.0. The summed E-state index contributed by atoms with van der Waals surface area (Å²) in [4.78, 5) is 34.4. The lowest BCUT2D eigenvalue weighted by molar-refractivity contribution is -0.158. The van der Waals surface area contributed by atoms with Gasteiger partial charge in [0.25, 0.3) is 0 Å². The summed E-state index contributed by atoms with van der Waals surface area (Å²) in [6.45, 7) is 17.4. The third-order valence-electron chi connectivity index (χ3n) is 9.53. The number of aliphatic hydroxyl groups is 2. The van der Waals surface area contributed by atoms with Crippen molar-refractivity contribution in [2.45, 2.75) is 166 Å². The summed E-state index contributed by atoms with van der Waals surface area (Å²) >= 11 is 0. The molecule has 7 rings (SSSR count). The molecule has 15 heteroatoms. The fourth-order valence-corrected chi connectivity index (χ4v) is 7.72. The van der Waals surface area contributed by atoms with Crippen LogP contribution in [0.1, 0.15) is 88.0 Å². The lowest BCUT2D eigenvalue weighted by Gasteiger charge is -2.20. The van der Waals surface area contributed by atoms with Crippen molar-refractivity contribution in [2.24, 2.45) is 0 Å². The van der Waals surface area contributed by atoms with Crippen LogP contribution in [0.25, 0.3) is 0 Å². The van der Waals surface area contributed by atoms with E-state index >= 15 is 0 Å². The number of hydrogen-bond donors (Lipinski definition) is 2. The summed E-state index contributed by atoms with van der Waals surface area (Å²) in [6.07, 6.45) is 2.24. The van der Waals surface area contributed by atoms with Crippen LogP contribution < -0.4 is 0 Å². The van der Waals surface area contributed by atoms with E-state index < -0.39 is 47.1 Å². The lowest BCUT2D eigenvalue weighted by Crippen LogP contribution is -2.36. The summed E-state index contributed by atoms with van der Waals surface area (Å²) in [6, 6.07) is 0. The average Bonchev–Trinajstić information content (AvgIpc) is 3.41. The quantitative estimate of drug-likeness (QED) is 0.169. The van der Waals surface area contributed by atoms with Gasteiger partial charge in [0.05, 0.1) is 62.9 Å². The van der Waals surface area contributed by atoms with Crippen LogP contribution >= 0.6 is 0 Å². The molecule has 7 aliphatic rings. The monoisotopic (exact) mass is 726 g/mol. The molecule has 288 valence electrons. The summed E-state index contributed by atoms with van der Waals surface area (Å²) in [5.74, 6) is -3.02. The molecule has 4 saturated heterocycles. The summed E-state index contributed by atoms with van der Waals surface area (Å²) < 4.78 is 54.6. The van der Waals surface area contributed by atoms with E-state index in [1.54, 1.807) is 20.8 Å². The maximum absolute atomic E-state index is 11.6. The third kappa shape index (κ3) is 9.02. The number of ether oxygens (including phenoxy) is 10. The van der Waals surface area contributed by atoms with Crippen molar-refractivity contribution < 1.29 is 72.0 Å². The number of esters is 3. The van der Waals surface area contributed by atoms with Crippen molar-refractivity contribution in [2.75, 3.05) is 19.8 Å². The second kappa shape index (κ2) is 15.1. The smallest absolute Gasteiger partial charge is 0.330 e. The molecular formula is C36H54O15. The first-order valence-corrected chi connectivity index (χ1v) is 17.9. The average molecular weight is 727 g/mol. The Bertz CT molecular complexity index is 1300. The van der Waals surface area contributed by atoms with E-state index in [4.69, 9.17) is 47.4 Å². The first-order valence-electron chi connectivity index (χ1n) is 17.9. The van der Waals surface area contributed by atoms with E-state index in [2.05, 4.69) is 0 Å². The molecule has 0 spiro atoms. The minimum Gasteiger partial charge on any atom is -0.466 e. The van der Waals surface area contributed by atoms with Gasteiger partial charge in [-0.15, -0.1) is 0 Å². The first-order chi connectivity index (χ1) is 23.8. The molecule has 0 unspecified atom stereocenters. The highest BCUT2D eigenvalue weighted by molar-refractivity contribution is 5.83. The lowest BCUT2D eigenvalue weighted by atomic mass is 10.00. The fraction of sp³-hybridized carbons (Fsp3) is 0.806. The van der Waals surface area contributed by atoms with Crippen molar-refractivity contribution in [3.63, 3.8) is 0 Å². The van der Waals surface area contributed by atoms with Crippen LogP contribution in [-0.2, 0) is 61.8 Å². The highest BCUT2D eigenvalue weighted by atomic mass is 16.8. The van der Waals surface area contributed by atoms with Crippen molar-refractivity contribution in [1.29, 1.82) is 0 Å². The molecule has 3 aliphatic carbocycles. The summed E-state index contributed by atoms with van der Waals surface area (Å²) in [5, 5.41) is 19.7. The molecule has 0 radical (unpaired) electrons. The molecule has 0 amide bonds. The van der Waals surface area contributed by atoms with E-state index in [9.17, 15) is 24.6 Å². The number of rotatable bonds is 7. The predicted octanol–water partition coefficient (Wildman–Crippen LogP) is 2.52. The van der Waals surface area contributed by atoms with Gasteiger partial charge in [-0.3, -0.25) is 4.79 Å². The van der Waals surface area contributed by atoms with Crippen LogP contribution in [0.3, 0.4) is 0 Å². The largest absolute Gasteiger partial charge is 0.466 e. The Hall–Kier alpha value is -2.47. The number of hydrogen-bond acceptors (Lipinski definition) is 15. The summed E-state index contributed by atoms with van der Waals surface area (Å²) in [7, 11) is 0. The van der Waals surface area contributed by atoms with Crippen molar-refractivity contribution in [3.8, 4) is 0 Å². The molecule has 0 aromatic heterocycles. The third-order valence-corrected chi connectivity index (χ3v) is 9.53. The standard InChI is InChI=1S/3C12H18O5/c1-4-14-9(13)6-12-8(16-12)5-7-10(12)17-11(2,3)15-7;2*1-4-15-10(14)5-7-8(13)6-9-11(7)17-12(2,3)16-9/h7-8,10H,4-6H2,1-3H3;2*5,8-9,11,13H,4,6H2,1-3H3/b;7-5+;7-5-/t7-,8-,10-,12-;2*8-,9-,11+/m111/s1. The molecule has 3 saturated carbocycles. The van der Waals surface area contributed by atoms with E-state index in [1.807, 2.05) is 41.5 Å². The van der Waals surface area contributed by atoms with Gasteiger partial charge in [0.1, 0.15) is 23.9 Å². The van der Waals surface area contributed by atoms with E-state index in [0.29, 0.717) is 43.8 Å². The van der Waals surface area contributed by atoms with Crippen molar-refractivity contribution in [1.82, 2.24) is 0 Å². The van der Waals surface area contributed by atoms with Crippen LogP contribution in [0.15, 0.2) is 23.3 Å². The van der Waals surface area contributed by atoms with Crippen LogP contribution in [-0.4, -0.2) is 126 Å². The fourth-order valence-electron chi connectivity index (χ4n) is 7.72. The van der Waals surface area contributed by atoms with Crippen LogP contribution in [0, 0.1) is 0 Å². The molecule has 51 heavy (non-hydrogen) atoms. The minimum absolute atomic E-state index is 0.0539. The number of fused-ring (bicyclic) bond motifs is 5. The zero-order valence-electron chi connectivity index (χ0n) is 31.0. The summed E-state index contributed by atoms with van der Waals surface area (Å²) in [5.41, 5.74) is 0.628. The topological polar surface area (TPSA) is 187 Å². The Kier molecular flexibility index (Phi) is 11.8. The molecule has 15 nitrogen and oxygen atoms in total. The van der Waals surface area contributed by atoms with Crippen LogP contribution in [0.5, 0.6) is 0 Å². The highest BCUT2D eigenvalue weighted by Gasteiger charge is 2.74.